The maximum atomic E-state index is 13.2. The van der Waals surface area contributed by atoms with Crippen molar-refractivity contribution in [2.24, 2.45) is 5.73 Å². The number of carbonyl (C=O) groups is 1. The minimum Gasteiger partial charge on any atom is -0.463 e. The number of aryl methyl sites for hydroxylation is 1. The van der Waals surface area contributed by atoms with Gasteiger partial charge in [-0.15, -0.1) is 0 Å². The van der Waals surface area contributed by atoms with Gasteiger partial charge in [0.25, 0.3) is 0 Å². The van der Waals surface area contributed by atoms with Crippen LogP contribution >= 0.6 is 0 Å². The van der Waals surface area contributed by atoms with Crippen molar-refractivity contribution < 1.29 is 27.8 Å². The number of hydrogen-bond donors (Lipinski definition) is 2. The number of carbonyl (C=O) groups excluding carboxylic acids is 1. The summed E-state index contributed by atoms with van der Waals surface area (Å²) in [6.07, 6.45) is -1.26. The Kier molecular flexibility index (Phi) is 9.25. The molecule has 0 spiro atoms. The van der Waals surface area contributed by atoms with Crippen LogP contribution in [0, 0.1) is 6.92 Å². The van der Waals surface area contributed by atoms with Crippen LogP contribution in [-0.2, 0) is 28.2 Å². The summed E-state index contributed by atoms with van der Waals surface area (Å²) in [4.78, 5) is 21.4. The van der Waals surface area contributed by atoms with Crippen molar-refractivity contribution in [2.45, 2.75) is 44.8 Å². The van der Waals surface area contributed by atoms with E-state index in [1.54, 1.807) is 24.5 Å². The topological polar surface area (TPSA) is 91.9 Å². The summed E-state index contributed by atoms with van der Waals surface area (Å²) in [5.74, 6) is -0.298. The second-order valence-electron chi connectivity index (χ2n) is 10.3. The van der Waals surface area contributed by atoms with E-state index in [4.69, 9.17) is 10.5 Å². The molecule has 1 fully saturated rings. The first-order valence-electron chi connectivity index (χ1n) is 13.2. The summed E-state index contributed by atoms with van der Waals surface area (Å²) in [7, 11) is 0. The number of aromatic nitrogens is 1. The van der Waals surface area contributed by atoms with Crippen molar-refractivity contribution >= 4 is 5.97 Å². The van der Waals surface area contributed by atoms with E-state index >= 15 is 0 Å². The van der Waals surface area contributed by atoms with Gasteiger partial charge < -0.3 is 15.6 Å². The third-order valence-corrected chi connectivity index (χ3v) is 7.35. The quantitative estimate of drug-likeness (QED) is 0.385. The van der Waals surface area contributed by atoms with Gasteiger partial charge >= 0.3 is 12.1 Å². The zero-order valence-electron chi connectivity index (χ0n) is 22.7. The van der Waals surface area contributed by atoms with E-state index in [9.17, 15) is 23.1 Å². The van der Waals surface area contributed by atoms with Gasteiger partial charge in [-0.1, -0.05) is 42.5 Å². The number of hydrogen-bond acceptors (Lipinski definition) is 7. The lowest BCUT2D eigenvalue weighted by atomic mass is 9.92. The summed E-state index contributed by atoms with van der Waals surface area (Å²) in [6, 6.07) is 15.2. The molecule has 4 rings (SSSR count). The Hall–Kier alpha value is -3.31. The van der Waals surface area contributed by atoms with E-state index in [1.165, 1.54) is 12.1 Å². The van der Waals surface area contributed by atoms with Crippen LogP contribution < -0.4 is 5.73 Å². The first-order valence-corrected chi connectivity index (χ1v) is 13.2. The predicted octanol–water partition coefficient (Wildman–Crippen LogP) is 4.02. The van der Waals surface area contributed by atoms with Crippen molar-refractivity contribution in [3.05, 3.63) is 89.2 Å². The number of nitrogens with two attached hydrogens (primary N) is 1. The van der Waals surface area contributed by atoms with Crippen LogP contribution in [0.1, 0.15) is 29.2 Å². The average Bonchev–Trinajstić information content (AvgIpc) is 2.92. The van der Waals surface area contributed by atoms with E-state index in [0.717, 1.165) is 41.3 Å². The van der Waals surface area contributed by atoms with Crippen LogP contribution in [0.3, 0.4) is 0 Å². The van der Waals surface area contributed by atoms with Gasteiger partial charge in [0.1, 0.15) is 12.6 Å². The zero-order valence-corrected chi connectivity index (χ0v) is 22.7. The molecule has 10 heteroatoms. The maximum Gasteiger partial charge on any atom is 0.421 e. The van der Waals surface area contributed by atoms with Crippen molar-refractivity contribution in [2.75, 3.05) is 32.8 Å². The molecule has 0 radical (unpaired) electrons. The monoisotopic (exact) mass is 556 g/mol. The van der Waals surface area contributed by atoms with E-state index in [2.05, 4.69) is 14.8 Å². The van der Waals surface area contributed by atoms with Crippen LogP contribution in [0.25, 0.3) is 11.1 Å². The minimum atomic E-state index is -4.77. The van der Waals surface area contributed by atoms with E-state index in [0.29, 0.717) is 26.2 Å². The van der Waals surface area contributed by atoms with E-state index < -0.39 is 17.8 Å². The number of aliphatic hydroxyl groups is 1. The number of rotatable bonds is 9. The predicted molar refractivity (Wildman–Crippen MR) is 146 cm³/mol. The van der Waals surface area contributed by atoms with Crippen LogP contribution in [0.2, 0.25) is 0 Å². The highest BCUT2D eigenvalue weighted by Gasteiger charge is 2.51. The van der Waals surface area contributed by atoms with Crippen molar-refractivity contribution in [1.29, 1.82) is 0 Å². The number of esters is 1. The second kappa shape index (κ2) is 12.5. The molecule has 2 atom stereocenters. The van der Waals surface area contributed by atoms with Gasteiger partial charge in [-0.05, 0) is 59.4 Å². The number of halogens is 3. The van der Waals surface area contributed by atoms with Crippen molar-refractivity contribution in [3.63, 3.8) is 0 Å². The number of pyridine rings is 1. The third kappa shape index (κ3) is 6.87. The van der Waals surface area contributed by atoms with E-state index in [-0.39, 0.29) is 24.7 Å². The average molecular weight is 557 g/mol. The fraction of sp³-hybridized carbons (Fsp3) is 0.400. The lowest BCUT2D eigenvalue weighted by molar-refractivity contribution is -0.258. The van der Waals surface area contributed by atoms with Crippen LogP contribution in [0.4, 0.5) is 13.2 Å². The molecule has 1 aromatic heterocycles. The third-order valence-electron chi connectivity index (χ3n) is 7.35. The summed E-state index contributed by atoms with van der Waals surface area (Å²) in [5, 5.41) is 9.95. The standard InChI is InChI=1S/C30H35F3N4O3/c1-21-17-23(3-8-26(21)24-4-6-25(7-5-24)29(2,39)30(31,32)33)19-37-15-14-36(18-22-9-12-35-13-10-22)20-27(37)28(38)40-16-11-34/h3-10,12-13,17,27,39H,11,14-16,18-20,34H2,1-2H3. The first-order chi connectivity index (χ1) is 19.0. The Morgan fingerprint density at radius 2 is 1.75 bits per heavy atom. The first kappa shape index (κ1) is 29.7. The summed E-state index contributed by atoms with van der Waals surface area (Å²) in [6.45, 7) is 6.35. The Balaban J connectivity index is 1.48. The fourth-order valence-corrected chi connectivity index (χ4v) is 4.96. The Morgan fingerprint density at radius 3 is 2.38 bits per heavy atom. The van der Waals surface area contributed by atoms with Gasteiger partial charge in [0.2, 0.25) is 0 Å². The highest BCUT2D eigenvalue weighted by molar-refractivity contribution is 5.76. The molecule has 0 bridgehead atoms. The molecule has 1 aliphatic heterocycles. The molecule has 0 aliphatic carbocycles. The molecule has 2 heterocycles. The maximum absolute atomic E-state index is 13.2. The highest BCUT2D eigenvalue weighted by Crippen LogP contribution is 2.39. The molecule has 1 saturated heterocycles. The van der Waals surface area contributed by atoms with Gasteiger partial charge in [-0.3, -0.25) is 19.6 Å². The largest absolute Gasteiger partial charge is 0.463 e. The molecule has 214 valence electrons. The molecule has 1 aliphatic rings. The van der Waals surface area contributed by atoms with E-state index in [1.807, 2.05) is 37.3 Å². The van der Waals surface area contributed by atoms with Crippen LogP contribution in [-0.4, -0.2) is 70.9 Å². The van der Waals surface area contributed by atoms with Gasteiger partial charge in [-0.25, -0.2) is 0 Å². The SMILES string of the molecule is Cc1cc(CN2CCN(Cc3ccncc3)CC2C(=O)OCCN)ccc1-c1ccc(C(C)(O)C(F)(F)F)cc1. The molecule has 2 unspecified atom stereocenters. The van der Waals surface area contributed by atoms with Gasteiger partial charge in [-0.2, -0.15) is 13.2 Å². The van der Waals surface area contributed by atoms with Gasteiger partial charge in [0.05, 0.1) is 0 Å². The Morgan fingerprint density at radius 1 is 1.05 bits per heavy atom. The molecule has 2 aromatic carbocycles. The molecule has 3 N–H and O–H groups in total. The summed E-state index contributed by atoms with van der Waals surface area (Å²) < 4.78 is 45.0. The number of nitrogens with zero attached hydrogens (tertiary/aromatic N) is 3. The lowest BCUT2D eigenvalue weighted by Gasteiger charge is -2.40. The number of alkyl halides is 3. The number of piperazine rings is 1. The Labute approximate surface area is 232 Å². The lowest BCUT2D eigenvalue weighted by Crippen LogP contribution is -2.56. The highest BCUT2D eigenvalue weighted by atomic mass is 19.4. The minimum absolute atomic E-state index is 0.165. The molecular weight excluding hydrogens is 521 g/mol. The van der Waals surface area contributed by atoms with Gasteiger partial charge in [0.15, 0.2) is 5.60 Å². The zero-order chi connectivity index (χ0) is 28.9. The molecule has 0 amide bonds. The number of benzene rings is 2. The molecule has 40 heavy (non-hydrogen) atoms. The summed E-state index contributed by atoms with van der Waals surface area (Å²) >= 11 is 0. The summed E-state index contributed by atoms with van der Waals surface area (Å²) in [5.41, 5.74) is 7.13. The van der Waals surface area contributed by atoms with Crippen molar-refractivity contribution in [1.82, 2.24) is 14.8 Å². The second-order valence-corrected chi connectivity index (χ2v) is 10.3. The Bertz CT molecular complexity index is 1280. The van der Waals surface area contributed by atoms with Crippen LogP contribution in [0.5, 0.6) is 0 Å². The molecule has 7 nitrogen and oxygen atoms in total. The smallest absolute Gasteiger partial charge is 0.421 e. The fourth-order valence-electron chi connectivity index (χ4n) is 4.96. The molecule has 3 aromatic rings. The van der Waals surface area contributed by atoms with Crippen LogP contribution in [0.15, 0.2) is 67.0 Å². The molecular formula is C30H35F3N4O3. The van der Waals surface area contributed by atoms with Crippen molar-refractivity contribution in [3.8, 4) is 11.1 Å². The van der Waals surface area contributed by atoms with Gasteiger partial charge in [0, 0.05) is 51.7 Å². The normalized spacial score (nSPS) is 18.3. The number of ether oxygens (including phenoxy) is 1. The molecule has 0 saturated carbocycles.